The Labute approximate surface area is 114 Å². The van der Waals surface area contributed by atoms with Crippen LogP contribution >= 0.6 is 0 Å². The van der Waals surface area contributed by atoms with E-state index >= 15 is 0 Å². The van der Waals surface area contributed by atoms with Gasteiger partial charge in [-0.2, -0.15) is 0 Å². The number of nitrogen functional groups attached to an aromatic ring is 1. The Balaban J connectivity index is 1.82. The lowest BCUT2D eigenvalue weighted by Gasteiger charge is -2.32. The average molecular weight is 262 g/mol. The van der Waals surface area contributed by atoms with Gasteiger partial charge >= 0.3 is 0 Å². The predicted octanol–water partition coefficient (Wildman–Crippen LogP) is 1.27. The van der Waals surface area contributed by atoms with E-state index in [0.29, 0.717) is 24.1 Å². The van der Waals surface area contributed by atoms with Crippen LogP contribution in [0.1, 0.15) is 36.7 Å². The predicted molar refractivity (Wildman–Crippen MR) is 75.9 cm³/mol. The van der Waals surface area contributed by atoms with E-state index in [1.165, 1.54) is 19.3 Å². The van der Waals surface area contributed by atoms with Gasteiger partial charge in [0.05, 0.1) is 0 Å². The lowest BCUT2D eigenvalue weighted by molar-refractivity contribution is 0.0925. The molecule has 3 N–H and O–H groups in total. The van der Waals surface area contributed by atoms with E-state index in [9.17, 15) is 4.79 Å². The summed E-state index contributed by atoms with van der Waals surface area (Å²) in [5.74, 6) is 0.216. The smallest absolute Gasteiger partial charge is 0.270 e. The molecule has 1 fully saturated rings. The van der Waals surface area contributed by atoms with Gasteiger partial charge in [0.15, 0.2) is 0 Å². The van der Waals surface area contributed by atoms with Gasteiger partial charge in [0.2, 0.25) is 0 Å². The lowest BCUT2D eigenvalue weighted by Crippen LogP contribution is -2.44. The third kappa shape index (κ3) is 3.92. The summed E-state index contributed by atoms with van der Waals surface area (Å²) in [6.45, 7) is 5.06. The van der Waals surface area contributed by atoms with Crippen LogP contribution in [0.25, 0.3) is 0 Å². The summed E-state index contributed by atoms with van der Waals surface area (Å²) >= 11 is 0. The molecule has 1 aromatic heterocycles. The van der Waals surface area contributed by atoms with Gasteiger partial charge in [-0.15, -0.1) is 0 Å². The van der Waals surface area contributed by atoms with Crippen LogP contribution in [0.15, 0.2) is 18.2 Å². The minimum atomic E-state index is -0.156. The van der Waals surface area contributed by atoms with Gasteiger partial charge < -0.3 is 11.1 Å². The van der Waals surface area contributed by atoms with Crippen LogP contribution in [0.5, 0.6) is 0 Å². The summed E-state index contributed by atoms with van der Waals surface area (Å²) in [7, 11) is 0. The molecule has 1 atom stereocenters. The van der Waals surface area contributed by atoms with Crippen molar-refractivity contribution in [3.63, 3.8) is 0 Å². The van der Waals surface area contributed by atoms with E-state index in [0.717, 1.165) is 13.1 Å². The zero-order valence-electron chi connectivity index (χ0n) is 11.4. The maximum Gasteiger partial charge on any atom is 0.270 e. The van der Waals surface area contributed by atoms with E-state index in [4.69, 9.17) is 5.73 Å². The fourth-order valence-electron chi connectivity index (χ4n) is 2.40. The number of pyridine rings is 1. The summed E-state index contributed by atoms with van der Waals surface area (Å²) < 4.78 is 0. The number of anilines is 1. The second-order valence-corrected chi connectivity index (χ2v) is 5.10. The number of nitrogens with two attached hydrogens (primary N) is 1. The quantitative estimate of drug-likeness (QED) is 0.857. The highest BCUT2D eigenvalue weighted by Crippen LogP contribution is 2.11. The molecule has 0 spiro atoms. The average Bonchev–Trinajstić information content (AvgIpc) is 2.45. The van der Waals surface area contributed by atoms with Gasteiger partial charge in [0.25, 0.3) is 5.91 Å². The minimum Gasteiger partial charge on any atom is -0.384 e. The molecule has 0 bridgehead atoms. The number of carbonyl (C=O) groups is 1. The molecule has 1 amide bonds. The number of nitrogens with zero attached hydrogens (tertiary/aromatic N) is 2. The van der Waals surface area contributed by atoms with Gasteiger partial charge in [-0.1, -0.05) is 12.5 Å². The number of hydrogen-bond acceptors (Lipinski definition) is 4. The zero-order chi connectivity index (χ0) is 13.7. The molecule has 1 saturated heterocycles. The van der Waals surface area contributed by atoms with E-state index in [-0.39, 0.29) is 5.91 Å². The minimum absolute atomic E-state index is 0.156. The van der Waals surface area contributed by atoms with Gasteiger partial charge in [-0.25, -0.2) is 4.98 Å². The number of amides is 1. The number of aromatic nitrogens is 1. The number of nitrogens with one attached hydrogen (secondary N) is 1. The van der Waals surface area contributed by atoms with Crippen molar-refractivity contribution >= 4 is 11.7 Å². The maximum atomic E-state index is 11.9. The van der Waals surface area contributed by atoms with Crippen LogP contribution in [0.4, 0.5) is 5.82 Å². The molecular formula is C14H22N4O. The summed E-state index contributed by atoms with van der Waals surface area (Å²) in [5, 5.41) is 2.92. The number of rotatable bonds is 4. The summed E-state index contributed by atoms with van der Waals surface area (Å²) in [6, 6.07) is 5.46. The highest BCUT2D eigenvalue weighted by atomic mass is 16.1. The highest BCUT2D eigenvalue weighted by Gasteiger charge is 2.17. The third-order valence-corrected chi connectivity index (χ3v) is 3.58. The van der Waals surface area contributed by atoms with E-state index < -0.39 is 0 Å². The molecule has 1 unspecified atom stereocenters. The Bertz CT molecular complexity index is 429. The molecule has 2 rings (SSSR count). The fourth-order valence-corrected chi connectivity index (χ4v) is 2.40. The van der Waals surface area contributed by atoms with Gasteiger partial charge in [0, 0.05) is 12.6 Å². The van der Waals surface area contributed by atoms with Gasteiger partial charge in [0.1, 0.15) is 11.5 Å². The molecule has 0 saturated carbocycles. The Morgan fingerprint density at radius 2 is 2.16 bits per heavy atom. The largest absolute Gasteiger partial charge is 0.384 e. The van der Waals surface area contributed by atoms with Crippen molar-refractivity contribution in [2.24, 2.45) is 0 Å². The van der Waals surface area contributed by atoms with Crippen LogP contribution in [0.3, 0.4) is 0 Å². The second kappa shape index (κ2) is 6.52. The number of likely N-dealkylation sites (tertiary alicyclic amines) is 1. The maximum absolute atomic E-state index is 11.9. The number of carbonyl (C=O) groups excluding carboxylic acids is 1. The molecule has 5 heteroatoms. The van der Waals surface area contributed by atoms with E-state index in [1.54, 1.807) is 18.2 Å². The van der Waals surface area contributed by atoms with Crippen LogP contribution in [0.2, 0.25) is 0 Å². The lowest BCUT2D eigenvalue weighted by atomic mass is 10.1. The molecule has 104 valence electrons. The van der Waals surface area contributed by atoms with Crippen LogP contribution in [-0.4, -0.2) is 41.5 Å². The Hall–Kier alpha value is -1.62. The monoisotopic (exact) mass is 262 g/mol. The Morgan fingerprint density at radius 3 is 2.84 bits per heavy atom. The first kappa shape index (κ1) is 13.8. The first-order valence-electron chi connectivity index (χ1n) is 6.91. The Kier molecular flexibility index (Phi) is 4.74. The first-order chi connectivity index (χ1) is 9.16. The van der Waals surface area contributed by atoms with E-state index in [2.05, 4.69) is 22.1 Å². The van der Waals surface area contributed by atoms with Crippen molar-refractivity contribution in [2.45, 2.75) is 32.2 Å². The standard InChI is InChI=1S/C14H22N4O/c1-11(18-8-3-2-4-9-18)10-16-14(19)12-6-5-7-13(15)17-12/h5-7,11H,2-4,8-10H2,1H3,(H2,15,17)(H,16,19). The molecule has 1 aliphatic heterocycles. The summed E-state index contributed by atoms with van der Waals surface area (Å²) in [4.78, 5) is 18.4. The third-order valence-electron chi connectivity index (χ3n) is 3.58. The molecular weight excluding hydrogens is 240 g/mol. The molecule has 5 nitrogen and oxygen atoms in total. The first-order valence-corrected chi connectivity index (χ1v) is 6.91. The fraction of sp³-hybridized carbons (Fsp3) is 0.571. The van der Waals surface area contributed by atoms with Crippen LogP contribution < -0.4 is 11.1 Å². The van der Waals surface area contributed by atoms with Crippen LogP contribution in [0, 0.1) is 0 Å². The van der Waals surface area contributed by atoms with Crippen LogP contribution in [-0.2, 0) is 0 Å². The second-order valence-electron chi connectivity index (χ2n) is 5.10. The molecule has 1 aromatic rings. The van der Waals surface area contributed by atoms with Crippen molar-refractivity contribution in [1.29, 1.82) is 0 Å². The van der Waals surface area contributed by atoms with Crippen molar-refractivity contribution in [1.82, 2.24) is 15.2 Å². The van der Waals surface area contributed by atoms with Crippen molar-refractivity contribution in [2.75, 3.05) is 25.4 Å². The highest BCUT2D eigenvalue weighted by molar-refractivity contribution is 5.92. The molecule has 0 aliphatic carbocycles. The number of hydrogen-bond donors (Lipinski definition) is 2. The van der Waals surface area contributed by atoms with Crippen molar-refractivity contribution in [3.8, 4) is 0 Å². The number of piperidine rings is 1. The topological polar surface area (TPSA) is 71.2 Å². The zero-order valence-corrected chi connectivity index (χ0v) is 11.4. The van der Waals surface area contributed by atoms with Crippen molar-refractivity contribution in [3.05, 3.63) is 23.9 Å². The molecule has 2 heterocycles. The Morgan fingerprint density at radius 1 is 1.42 bits per heavy atom. The summed E-state index contributed by atoms with van der Waals surface area (Å²) in [5.41, 5.74) is 5.95. The van der Waals surface area contributed by atoms with Gasteiger partial charge in [-0.3, -0.25) is 9.69 Å². The molecule has 19 heavy (non-hydrogen) atoms. The molecule has 0 aromatic carbocycles. The normalized spacial score (nSPS) is 17.9. The molecule has 1 aliphatic rings. The van der Waals surface area contributed by atoms with E-state index in [1.807, 2.05) is 0 Å². The molecule has 0 radical (unpaired) electrons. The van der Waals surface area contributed by atoms with Gasteiger partial charge in [-0.05, 0) is 45.0 Å². The summed E-state index contributed by atoms with van der Waals surface area (Å²) in [6.07, 6.45) is 3.84. The SMILES string of the molecule is CC(CNC(=O)c1cccc(N)n1)N1CCCCC1. The van der Waals surface area contributed by atoms with Crippen molar-refractivity contribution < 1.29 is 4.79 Å².